The predicted molar refractivity (Wildman–Crippen MR) is 90.5 cm³/mol. The van der Waals surface area contributed by atoms with Gasteiger partial charge in [-0.3, -0.25) is 4.79 Å². The van der Waals surface area contributed by atoms with E-state index in [0.717, 1.165) is 17.6 Å². The summed E-state index contributed by atoms with van der Waals surface area (Å²) in [5, 5.41) is 0. The Morgan fingerprint density at radius 3 is 2.42 bits per heavy atom. The fourth-order valence-electron chi connectivity index (χ4n) is 2.47. The van der Waals surface area contributed by atoms with Crippen molar-refractivity contribution in [1.29, 1.82) is 0 Å². The van der Waals surface area contributed by atoms with Crippen LogP contribution in [0.25, 0.3) is 0 Å². The van der Waals surface area contributed by atoms with Gasteiger partial charge in [0.1, 0.15) is 5.75 Å². The van der Waals surface area contributed by atoms with Crippen molar-refractivity contribution in [2.24, 2.45) is 0 Å². The fraction of sp³-hybridized carbons (Fsp3) is 0.562. The molecule has 0 bridgehead atoms. The number of sulfonamides is 1. The molecule has 0 atom stereocenters. The molecule has 1 aromatic carbocycles. The molecule has 1 aliphatic heterocycles. The standard InChI is InChI=1S/C16H24N2O5S/c1-22-15-5-3-14(4-6-15)7-8-18(24(2,20)21)13-16(19)17-9-11-23-12-10-17/h3-6H,7-13H2,1-2H3. The molecule has 0 spiro atoms. The van der Waals surface area contributed by atoms with Gasteiger partial charge in [-0.2, -0.15) is 4.31 Å². The summed E-state index contributed by atoms with van der Waals surface area (Å²) >= 11 is 0. The predicted octanol–water partition coefficient (Wildman–Crippen LogP) is 0.358. The fourth-order valence-corrected chi connectivity index (χ4v) is 3.24. The zero-order valence-electron chi connectivity index (χ0n) is 14.1. The van der Waals surface area contributed by atoms with Crippen LogP contribution in [0.2, 0.25) is 0 Å². The number of hydrogen-bond donors (Lipinski definition) is 0. The second-order valence-electron chi connectivity index (χ2n) is 5.69. The molecule has 2 rings (SSSR count). The molecule has 0 saturated carbocycles. The van der Waals surface area contributed by atoms with Crippen LogP contribution in [0.5, 0.6) is 5.75 Å². The average molecular weight is 356 g/mol. The number of carbonyl (C=O) groups excluding carboxylic acids is 1. The van der Waals surface area contributed by atoms with Gasteiger partial charge >= 0.3 is 0 Å². The Morgan fingerprint density at radius 1 is 1.25 bits per heavy atom. The summed E-state index contributed by atoms with van der Waals surface area (Å²) < 4.78 is 35.5. The third kappa shape index (κ3) is 5.47. The molecule has 134 valence electrons. The molecule has 0 aliphatic carbocycles. The van der Waals surface area contributed by atoms with E-state index in [0.29, 0.717) is 32.7 Å². The number of rotatable bonds is 7. The van der Waals surface area contributed by atoms with E-state index in [1.807, 2.05) is 24.3 Å². The summed E-state index contributed by atoms with van der Waals surface area (Å²) in [6.07, 6.45) is 1.67. The maximum absolute atomic E-state index is 12.3. The highest BCUT2D eigenvalue weighted by molar-refractivity contribution is 7.88. The topological polar surface area (TPSA) is 76.2 Å². The maximum atomic E-state index is 12.3. The molecular weight excluding hydrogens is 332 g/mol. The van der Waals surface area contributed by atoms with Crippen molar-refractivity contribution in [2.75, 3.05) is 52.8 Å². The van der Waals surface area contributed by atoms with Gasteiger partial charge in [-0.25, -0.2) is 8.42 Å². The molecule has 7 nitrogen and oxygen atoms in total. The van der Waals surface area contributed by atoms with Crippen LogP contribution in [0, 0.1) is 0 Å². The zero-order valence-corrected chi connectivity index (χ0v) is 14.9. The Labute approximate surface area is 143 Å². The molecule has 0 unspecified atom stereocenters. The van der Waals surface area contributed by atoms with Crippen LogP contribution in [-0.2, 0) is 26.0 Å². The number of nitrogens with zero attached hydrogens (tertiary/aromatic N) is 2. The number of methoxy groups -OCH3 is 1. The number of hydrogen-bond acceptors (Lipinski definition) is 5. The van der Waals surface area contributed by atoms with E-state index in [4.69, 9.17) is 9.47 Å². The van der Waals surface area contributed by atoms with Gasteiger partial charge in [-0.15, -0.1) is 0 Å². The van der Waals surface area contributed by atoms with Gasteiger partial charge in [-0.1, -0.05) is 12.1 Å². The Kier molecular flexibility index (Phi) is 6.59. The first kappa shape index (κ1) is 18.7. The highest BCUT2D eigenvalue weighted by Crippen LogP contribution is 2.13. The Bertz CT molecular complexity index is 639. The van der Waals surface area contributed by atoms with Crippen LogP contribution in [0.15, 0.2) is 24.3 Å². The Hall–Kier alpha value is -1.64. The first-order chi connectivity index (χ1) is 11.4. The maximum Gasteiger partial charge on any atom is 0.238 e. The van der Waals surface area contributed by atoms with E-state index >= 15 is 0 Å². The Morgan fingerprint density at radius 2 is 1.88 bits per heavy atom. The van der Waals surface area contributed by atoms with Crippen molar-refractivity contribution in [1.82, 2.24) is 9.21 Å². The van der Waals surface area contributed by atoms with Gasteiger partial charge < -0.3 is 14.4 Å². The largest absolute Gasteiger partial charge is 0.497 e. The van der Waals surface area contributed by atoms with Gasteiger partial charge in [0.15, 0.2) is 0 Å². The average Bonchev–Trinajstić information content (AvgIpc) is 2.58. The lowest BCUT2D eigenvalue weighted by Gasteiger charge is -2.29. The van der Waals surface area contributed by atoms with Gasteiger partial charge in [-0.05, 0) is 24.1 Å². The SMILES string of the molecule is COc1ccc(CCN(CC(=O)N2CCOCC2)S(C)(=O)=O)cc1. The number of carbonyl (C=O) groups is 1. The van der Waals surface area contributed by atoms with Crippen molar-refractivity contribution >= 4 is 15.9 Å². The first-order valence-corrected chi connectivity index (χ1v) is 9.68. The number of amides is 1. The van der Waals surface area contributed by atoms with Crippen molar-refractivity contribution in [3.05, 3.63) is 29.8 Å². The Balaban J connectivity index is 1.96. The van der Waals surface area contributed by atoms with E-state index in [9.17, 15) is 13.2 Å². The summed E-state index contributed by atoms with van der Waals surface area (Å²) in [4.78, 5) is 13.9. The van der Waals surface area contributed by atoms with E-state index in [1.165, 1.54) is 4.31 Å². The third-order valence-corrected chi connectivity index (χ3v) is 5.20. The second kappa shape index (κ2) is 8.46. The number of ether oxygens (including phenoxy) is 2. The summed E-state index contributed by atoms with van der Waals surface area (Å²) in [5.74, 6) is 0.569. The van der Waals surface area contributed by atoms with Gasteiger partial charge in [0.05, 0.1) is 33.1 Å². The molecule has 1 fully saturated rings. The van der Waals surface area contributed by atoms with E-state index in [2.05, 4.69) is 0 Å². The van der Waals surface area contributed by atoms with Gasteiger partial charge in [0, 0.05) is 19.6 Å². The lowest BCUT2D eigenvalue weighted by Crippen LogP contribution is -2.47. The number of benzene rings is 1. The molecule has 1 amide bonds. The molecule has 1 heterocycles. The minimum absolute atomic E-state index is 0.130. The third-order valence-electron chi connectivity index (χ3n) is 3.95. The quantitative estimate of drug-likeness (QED) is 0.705. The van der Waals surface area contributed by atoms with Gasteiger partial charge in [0.2, 0.25) is 15.9 Å². The molecular formula is C16H24N2O5S. The molecule has 1 saturated heterocycles. The summed E-state index contributed by atoms with van der Waals surface area (Å²) in [6, 6.07) is 7.45. The molecule has 8 heteroatoms. The van der Waals surface area contributed by atoms with Crippen LogP contribution in [-0.4, -0.2) is 76.3 Å². The summed E-state index contributed by atoms with van der Waals surface area (Å²) in [6.45, 7) is 2.15. The summed E-state index contributed by atoms with van der Waals surface area (Å²) in [7, 11) is -1.86. The van der Waals surface area contributed by atoms with Crippen LogP contribution in [0.1, 0.15) is 5.56 Å². The molecule has 1 aromatic rings. The van der Waals surface area contributed by atoms with Crippen molar-refractivity contribution in [2.45, 2.75) is 6.42 Å². The second-order valence-corrected chi connectivity index (χ2v) is 7.67. The molecule has 1 aliphatic rings. The van der Waals surface area contributed by atoms with Crippen LogP contribution in [0.4, 0.5) is 0 Å². The van der Waals surface area contributed by atoms with Crippen LogP contribution >= 0.6 is 0 Å². The van der Waals surface area contributed by atoms with Crippen LogP contribution in [0.3, 0.4) is 0 Å². The monoisotopic (exact) mass is 356 g/mol. The molecule has 24 heavy (non-hydrogen) atoms. The lowest BCUT2D eigenvalue weighted by molar-refractivity contribution is -0.135. The van der Waals surface area contributed by atoms with Crippen LogP contribution < -0.4 is 4.74 Å². The van der Waals surface area contributed by atoms with Crippen molar-refractivity contribution in [3.8, 4) is 5.75 Å². The van der Waals surface area contributed by atoms with E-state index in [-0.39, 0.29) is 19.0 Å². The smallest absolute Gasteiger partial charge is 0.238 e. The molecule has 0 radical (unpaired) electrons. The highest BCUT2D eigenvalue weighted by atomic mass is 32.2. The minimum atomic E-state index is -3.45. The number of morpholine rings is 1. The van der Waals surface area contributed by atoms with E-state index in [1.54, 1.807) is 12.0 Å². The summed E-state index contributed by atoms with van der Waals surface area (Å²) in [5.41, 5.74) is 0.989. The first-order valence-electron chi connectivity index (χ1n) is 7.83. The lowest BCUT2D eigenvalue weighted by atomic mass is 10.1. The zero-order chi connectivity index (χ0) is 17.6. The van der Waals surface area contributed by atoms with Crippen molar-refractivity contribution in [3.63, 3.8) is 0 Å². The highest BCUT2D eigenvalue weighted by Gasteiger charge is 2.24. The molecule has 0 N–H and O–H groups in total. The molecule has 0 aromatic heterocycles. The minimum Gasteiger partial charge on any atom is -0.497 e. The normalized spacial score (nSPS) is 15.5. The van der Waals surface area contributed by atoms with Gasteiger partial charge in [0.25, 0.3) is 0 Å². The van der Waals surface area contributed by atoms with E-state index < -0.39 is 10.0 Å². The van der Waals surface area contributed by atoms with Crippen molar-refractivity contribution < 1.29 is 22.7 Å².